The van der Waals surface area contributed by atoms with Gasteiger partial charge in [0, 0.05) is 5.57 Å². The lowest BCUT2D eigenvalue weighted by Crippen LogP contribution is -2.16. The van der Waals surface area contributed by atoms with Crippen LogP contribution >= 0.6 is 0 Å². The number of rotatable bonds is 3. The number of hydrogen-bond acceptors (Lipinski definition) is 2. The normalized spacial score (nSPS) is 12.4. The van der Waals surface area contributed by atoms with Gasteiger partial charge in [-0.05, 0) is 26.7 Å². The predicted molar refractivity (Wildman–Crippen MR) is 49.8 cm³/mol. The zero-order chi connectivity index (χ0) is 9.72. The summed E-state index contributed by atoms with van der Waals surface area (Å²) in [6.45, 7) is 9.53. The third kappa shape index (κ3) is 3.56. The first-order valence-electron chi connectivity index (χ1n) is 4.36. The van der Waals surface area contributed by atoms with Crippen LogP contribution in [0.3, 0.4) is 0 Å². The summed E-state index contributed by atoms with van der Waals surface area (Å²) >= 11 is 0. The molecule has 0 bridgehead atoms. The Kier molecular flexibility index (Phi) is 4.64. The van der Waals surface area contributed by atoms with Crippen molar-refractivity contribution in [3.05, 3.63) is 11.6 Å². The van der Waals surface area contributed by atoms with E-state index in [1.807, 2.05) is 40.7 Å². The highest BCUT2D eigenvalue weighted by Crippen LogP contribution is 2.11. The van der Waals surface area contributed by atoms with Gasteiger partial charge in [0.05, 0.1) is 6.10 Å². The van der Waals surface area contributed by atoms with Crippen molar-refractivity contribution in [1.29, 1.82) is 0 Å². The van der Waals surface area contributed by atoms with Crippen LogP contribution in [0, 0.1) is 5.92 Å². The molecule has 0 unspecified atom stereocenters. The van der Waals surface area contributed by atoms with Crippen molar-refractivity contribution in [1.82, 2.24) is 0 Å². The molecule has 2 nitrogen and oxygen atoms in total. The number of carbonyl (C=O) groups is 1. The Labute approximate surface area is 74.6 Å². The largest absolute Gasteiger partial charge is 0.460 e. The molecule has 0 aromatic carbocycles. The monoisotopic (exact) mass is 170 g/mol. The first-order chi connectivity index (χ1) is 5.49. The summed E-state index contributed by atoms with van der Waals surface area (Å²) in [6, 6.07) is 0. The van der Waals surface area contributed by atoms with Crippen molar-refractivity contribution in [3.63, 3.8) is 0 Å². The van der Waals surface area contributed by atoms with E-state index in [0.717, 1.165) is 5.57 Å². The third-order valence-corrected chi connectivity index (χ3v) is 1.51. The van der Waals surface area contributed by atoms with Crippen LogP contribution in [0.1, 0.15) is 34.6 Å². The number of hydrogen-bond donors (Lipinski definition) is 0. The van der Waals surface area contributed by atoms with Gasteiger partial charge in [0.1, 0.15) is 0 Å². The molecule has 0 saturated carbocycles. The molecule has 70 valence electrons. The first kappa shape index (κ1) is 11.2. The molecule has 0 aliphatic carbocycles. The minimum atomic E-state index is -0.192. The molecular weight excluding hydrogens is 152 g/mol. The highest BCUT2D eigenvalue weighted by molar-refractivity contribution is 5.88. The average molecular weight is 170 g/mol. The van der Waals surface area contributed by atoms with Gasteiger partial charge in [-0.3, -0.25) is 0 Å². The second-order valence-corrected chi connectivity index (χ2v) is 3.35. The lowest BCUT2D eigenvalue weighted by Gasteiger charge is -2.12. The van der Waals surface area contributed by atoms with Crippen LogP contribution in [-0.2, 0) is 9.53 Å². The highest BCUT2D eigenvalue weighted by atomic mass is 16.5. The highest BCUT2D eigenvalue weighted by Gasteiger charge is 2.14. The van der Waals surface area contributed by atoms with Crippen LogP contribution in [0.25, 0.3) is 0 Å². The summed E-state index contributed by atoms with van der Waals surface area (Å²) in [5.74, 6) is 0.0451. The van der Waals surface area contributed by atoms with Gasteiger partial charge in [-0.2, -0.15) is 0 Å². The zero-order valence-electron chi connectivity index (χ0n) is 8.55. The van der Waals surface area contributed by atoms with Gasteiger partial charge in [0.15, 0.2) is 0 Å². The molecule has 0 aliphatic heterocycles. The van der Waals surface area contributed by atoms with E-state index >= 15 is 0 Å². The lowest BCUT2D eigenvalue weighted by atomic mass is 10.0. The maximum atomic E-state index is 11.3. The summed E-state index contributed by atoms with van der Waals surface area (Å²) in [6.07, 6.45) is 1.78. The fraction of sp³-hybridized carbons (Fsp3) is 0.700. The van der Waals surface area contributed by atoms with Crippen molar-refractivity contribution in [3.8, 4) is 0 Å². The first-order valence-corrected chi connectivity index (χ1v) is 4.36. The summed E-state index contributed by atoms with van der Waals surface area (Å²) in [5, 5.41) is 0. The summed E-state index contributed by atoms with van der Waals surface area (Å²) < 4.78 is 5.06. The summed E-state index contributed by atoms with van der Waals surface area (Å²) in [5.41, 5.74) is 0.753. The number of allylic oxidation sites excluding steroid dienone is 1. The maximum Gasteiger partial charge on any atom is 0.334 e. The van der Waals surface area contributed by atoms with Crippen LogP contribution < -0.4 is 0 Å². The van der Waals surface area contributed by atoms with E-state index in [4.69, 9.17) is 4.74 Å². The molecule has 12 heavy (non-hydrogen) atoms. The molecule has 0 aromatic heterocycles. The van der Waals surface area contributed by atoms with Crippen molar-refractivity contribution >= 4 is 5.97 Å². The second kappa shape index (κ2) is 4.96. The Morgan fingerprint density at radius 1 is 1.25 bits per heavy atom. The van der Waals surface area contributed by atoms with E-state index in [9.17, 15) is 4.79 Å². The molecule has 0 atom stereocenters. The molecule has 0 radical (unpaired) electrons. The van der Waals surface area contributed by atoms with E-state index < -0.39 is 0 Å². The fourth-order valence-corrected chi connectivity index (χ4v) is 0.969. The molecule has 0 aliphatic rings. The Hall–Kier alpha value is -0.790. The van der Waals surface area contributed by atoms with E-state index in [-0.39, 0.29) is 18.0 Å². The Morgan fingerprint density at radius 2 is 1.75 bits per heavy atom. The van der Waals surface area contributed by atoms with Crippen LogP contribution in [0.15, 0.2) is 11.6 Å². The topological polar surface area (TPSA) is 26.3 Å². The fourth-order valence-electron chi connectivity index (χ4n) is 0.969. The summed E-state index contributed by atoms with van der Waals surface area (Å²) in [7, 11) is 0. The lowest BCUT2D eigenvalue weighted by molar-refractivity contribution is -0.143. The van der Waals surface area contributed by atoms with Crippen LogP contribution in [0.2, 0.25) is 0 Å². The van der Waals surface area contributed by atoms with Gasteiger partial charge >= 0.3 is 5.97 Å². The number of carbonyl (C=O) groups excluding carboxylic acids is 1. The molecule has 0 saturated heterocycles. The molecule has 2 heteroatoms. The van der Waals surface area contributed by atoms with Gasteiger partial charge in [-0.1, -0.05) is 19.9 Å². The number of ether oxygens (including phenoxy) is 1. The van der Waals surface area contributed by atoms with Crippen LogP contribution in [-0.4, -0.2) is 12.1 Å². The maximum absolute atomic E-state index is 11.3. The van der Waals surface area contributed by atoms with Crippen molar-refractivity contribution in [2.75, 3.05) is 0 Å². The van der Waals surface area contributed by atoms with E-state index in [2.05, 4.69) is 0 Å². The zero-order valence-corrected chi connectivity index (χ0v) is 8.55. The molecule has 0 rings (SSSR count). The molecule has 0 amide bonds. The molecule has 0 fully saturated rings. The minimum absolute atomic E-state index is 0.0359. The van der Waals surface area contributed by atoms with E-state index in [1.54, 1.807) is 0 Å². The van der Waals surface area contributed by atoms with Gasteiger partial charge in [-0.25, -0.2) is 4.79 Å². The van der Waals surface area contributed by atoms with Gasteiger partial charge in [0.25, 0.3) is 0 Å². The third-order valence-electron chi connectivity index (χ3n) is 1.51. The minimum Gasteiger partial charge on any atom is -0.460 e. The second-order valence-electron chi connectivity index (χ2n) is 3.35. The van der Waals surface area contributed by atoms with E-state index in [0.29, 0.717) is 0 Å². The van der Waals surface area contributed by atoms with Crippen molar-refractivity contribution in [2.24, 2.45) is 5.92 Å². The average Bonchev–Trinajstić information content (AvgIpc) is 1.85. The van der Waals surface area contributed by atoms with Crippen molar-refractivity contribution < 1.29 is 9.53 Å². The standard InChI is InChI=1S/C10H18O2/c1-6-9(7(2)3)10(11)12-8(4)5/h6-8H,1-5H3/b9-6+. The van der Waals surface area contributed by atoms with Crippen molar-refractivity contribution in [2.45, 2.75) is 40.7 Å². The molecule has 0 heterocycles. The van der Waals surface area contributed by atoms with Gasteiger partial charge < -0.3 is 4.74 Å². The molecule has 0 spiro atoms. The van der Waals surface area contributed by atoms with Gasteiger partial charge in [-0.15, -0.1) is 0 Å². The quantitative estimate of drug-likeness (QED) is 0.480. The SMILES string of the molecule is C/C=C(/C(=O)OC(C)C)C(C)C. The van der Waals surface area contributed by atoms with E-state index in [1.165, 1.54) is 0 Å². The number of esters is 1. The Balaban J connectivity index is 4.25. The predicted octanol–water partition coefficient (Wildman–Crippen LogP) is 2.54. The Bertz CT molecular complexity index is 178. The molecular formula is C10H18O2. The van der Waals surface area contributed by atoms with Gasteiger partial charge in [0.2, 0.25) is 0 Å². The molecule has 0 aromatic rings. The summed E-state index contributed by atoms with van der Waals surface area (Å²) in [4.78, 5) is 11.3. The molecule has 0 N–H and O–H groups in total. The smallest absolute Gasteiger partial charge is 0.334 e. The Morgan fingerprint density at radius 3 is 2.00 bits per heavy atom. The van der Waals surface area contributed by atoms with Crippen LogP contribution in [0.5, 0.6) is 0 Å². The van der Waals surface area contributed by atoms with Crippen LogP contribution in [0.4, 0.5) is 0 Å².